The first-order valence-corrected chi connectivity index (χ1v) is 10.6. The molecular formula is C25H15N3O2S. The van der Waals surface area contributed by atoms with Gasteiger partial charge in [0.15, 0.2) is 4.96 Å². The lowest BCUT2D eigenvalue weighted by atomic mass is 10.1. The Kier molecular flexibility index (Phi) is 4.04. The predicted octanol–water partition coefficient (Wildman–Crippen LogP) is 6.07. The summed E-state index contributed by atoms with van der Waals surface area (Å²) in [7, 11) is 0. The second-order valence-electron chi connectivity index (χ2n) is 7.11. The van der Waals surface area contributed by atoms with Crippen LogP contribution in [0.2, 0.25) is 0 Å². The van der Waals surface area contributed by atoms with Crippen molar-refractivity contribution in [2.75, 3.05) is 0 Å². The Labute approximate surface area is 180 Å². The Morgan fingerprint density at radius 2 is 1.71 bits per heavy atom. The van der Waals surface area contributed by atoms with Crippen LogP contribution in [-0.2, 0) is 0 Å². The van der Waals surface area contributed by atoms with Gasteiger partial charge in [0.25, 0.3) is 0 Å². The highest BCUT2D eigenvalue weighted by Gasteiger charge is 2.20. The van der Waals surface area contributed by atoms with Gasteiger partial charge in [-0.05, 0) is 36.4 Å². The van der Waals surface area contributed by atoms with Crippen LogP contribution in [0, 0.1) is 0 Å². The van der Waals surface area contributed by atoms with Gasteiger partial charge in [-0.25, -0.2) is 9.78 Å². The van der Waals surface area contributed by atoms with Gasteiger partial charge in [0.05, 0.1) is 32.9 Å². The van der Waals surface area contributed by atoms with E-state index in [0.717, 1.165) is 37.6 Å². The summed E-state index contributed by atoms with van der Waals surface area (Å²) in [6.45, 7) is 0. The van der Waals surface area contributed by atoms with Crippen LogP contribution >= 0.6 is 11.3 Å². The molecule has 0 N–H and O–H groups in total. The molecule has 0 saturated carbocycles. The molecule has 0 fully saturated rings. The number of para-hydroxylation sites is 4. The van der Waals surface area contributed by atoms with Crippen LogP contribution in [0.1, 0.15) is 4.88 Å². The number of thiazole rings is 1. The van der Waals surface area contributed by atoms with E-state index in [2.05, 4.69) is 4.99 Å². The average Bonchev–Trinajstić information content (AvgIpc) is 3.33. The lowest BCUT2D eigenvalue weighted by Gasteiger charge is -2.04. The van der Waals surface area contributed by atoms with Crippen LogP contribution in [0.4, 0.5) is 5.69 Å². The third-order valence-electron chi connectivity index (χ3n) is 5.17. The quantitative estimate of drug-likeness (QED) is 0.257. The number of nitrogens with zero attached hydrogens (tertiary/aromatic N) is 3. The highest BCUT2D eigenvalue weighted by Crippen LogP contribution is 2.34. The fraction of sp³-hybridized carbons (Fsp3) is 0. The molecule has 148 valence electrons. The summed E-state index contributed by atoms with van der Waals surface area (Å²) in [4.78, 5) is 24.0. The van der Waals surface area contributed by atoms with E-state index in [1.54, 1.807) is 12.3 Å². The Morgan fingerprint density at radius 1 is 0.935 bits per heavy atom. The van der Waals surface area contributed by atoms with Gasteiger partial charge in [-0.1, -0.05) is 59.9 Å². The molecule has 0 amide bonds. The van der Waals surface area contributed by atoms with Gasteiger partial charge in [0, 0.05) is 11.6 Å². The summed E-state index contributed by atoms with van der Waals surface area (Å²) in [5.41, 5.74) is 4.08. The summed E-state index contributed by atoms with van der Waals surface area (Å²) in [6, 6.07) is 27.0. The van der Waals surface area contributed by atoms with E-state index in [1.807, 2.05) is 83.3 Å². The highest BCUT2D eigenvalue weighted by molar-refractivity contribution is 7.19. The number of aliphatic imine (C=N–C) groups is 1. The molecule has 0 aliphatic heterocycles. The Morgan fingerprint density at radius 3 is 2.61 bits per heavy atom. The van der Waals surface area contributed by atoms with Crippen LogP contribution in [0.15, 0.2) is 99.1 Å². The van der Waals surface area contributed by atoms with Crippen molar-refractivity contribution in [3.63, 3.8) is 0 Å². The SMILES string of the molecule is O=c1oc2ccccc2cc1-c1c(C=Nc2ccccc2)sc2nc3ccccc3n12. The number of imidazole rings is 1. The Bertz CT molecular complexity index is 1660. The molecule has 0 saturated heterocycles. The van der Waals surface area contributed by atoms with E-state index in [1.165, 1.54) is 11.3 Å². The molecular weight excluding hydrogens is 406 g/mol. The number of benzene rings is 3. The minimum atomic E-state index is -0.384. The maximum absolute atomic E-state index is 13.0. The standard InChI is InChI=1S/C25H15N3O2S/c29-24-18(14-16-8-4-7-13-21(16)30-24)23-22(15-26-17-9-2-1-3-10-17)31-25-27-19-11-5-6-12-20(19)28(23)25/h1-15H. The lowest BCUT2D eigenvalue weighted by Crippen LogP contribution is -2.05. The fourth-order valence-electron chi connectivity index (χ4n) is 3.76. The first kappa shape index (κ1) is 17.8. The highest BCUT2D eigenvalue weighted by atomic mass is 32.1. The molecule has 6 rings (SSSR count). The minimum absolute atomic E-state index is 0.384. The smallest absolute Gasteiger partial charge is 0.345 e. The average molecular weight is 421 g/mol. The van der Waals surface area contributed by atoms with Gasteiger partial charge >= 0.3 is 5.63 Å². The van der Waals surface area contributed by atoms with Crippen LogP contribution in [0.5, 0.6) is 0 Å². The number of hydrogen-bond acceptors (Lipinski definition) is 5. The molecule has 31 heavy (non-hydrogen) atoms. The summed E-state index contributed by atoms with van der Waals surface area (Å²) >= 11 is 1.50. The molecule has 6 heteroatoms. The summed E-state index contributed by atoms with van der Waals surface area (Å²) < 4.78 is 7.66. The second-order valence-corrected chi connectivity index (χ2v) is 8.12. The topological polar surface area (TPSA) is 59.9 Å². The molecule has 0 aliphatic rings. The molecule has 3 aromatic carbocycles. The van der Waals surface area contributed by atoms with Crippen molar-refractivity contribution in [3.05, 3.63) is 100 Å². The van der Waals surface area contributed by atoms with Crippen molar-refractivity contribution in [2.24, 2.45) is 4.99 Å². The van der Waals surface area contributed by atoms with E-state index >= 15 is 0 Å². The van der Waals surface area contributed by atoms with Crippen LogP contribution < -0.4 is 5.63 Å². The molecule has 5 nitrogen and oxygen atoms in total. The third-order valence-corrected chi connectivity index (χ3v) is 6.15. The molecule has 0 bridgehead atoms. The number of aromatic nitrogens is 2. The van der Waals surface area contributed by atoms with Gasteiger partial charge < -0.3 is 4.42 Å². The van der Waals surface area contributed by atoms with Crippen molar-refractivity contribution in [2.45, 2.75) is 0 Å². The van der Waals surface area contributed by atoms with Crippen LogP contribution in [0.25, 0.3) is 38.2 Å². The van der Waals surface area contributed by atoms with Crippen molar-refractivity contribution in [3.8, 4) is 11.3 Å². The second kappa shape index (κ2) is 7.04. The molecule has 0 unspecified atom stereocenters. The summed E-state index contributed by atoms with van der Waals surface area (Å²) in [6.07, 6.45) is 1.80. The number of rotatable bonds is 3. The molecule has 0 spiro atoms. The summed E-state index contributed by atoms with van der Waals surface area (Å²) in [5.74, 6) is 0. The van der Waals surface area contributed by atoms with Gasteiger partial charge in [-0.2, -0.15) is 0 Å². The van der Waals surface area contributed by atoms with Crippen LogP contribution in [-0.4, -0.2) is 15.6 Å². The maximum atomic E-state index is 13.0. The molecule has 6 aromatic rings. The Balaban J connectivity index is 1.67. The lowest BCUT2D eigenvalue weighted by molar-refractivity contribution is 0.563. The summed E-state index contributed by atoms with van der Waals surface area (Å²) in [5, 5.41) is 0.867. The zero-order valence-corrected chi connectivity index (χ0v) is 17.0. The molecule has 3 heterocycles. The monoisotopic (exact) mass is 421 g/mol. The van der Waals surface area contributed by atoms with E-state index in [-0.39, 0.29) is 5.63 Å². The molecule has 0 atom stereocenters. The van der Waals surface area contributed by atoms with Gasteiger partial charge in [0.2, 0.25) is 0 Å². The van der Waals surface area contributed by atoms with Crippen molar-refractivity contribution < 1.29 is 4.42 Å². The van der Waals surface area contributed by atoms with Crippen molar-refractivity contribution in [1.29, 1.82) is 0 Å². The van der Waals surface area contributed by atoms with Crippen molar-refractivity contribution in [1.82, 2.24) is 9.38 Å². The van der Waals surface area contributed by atoms with E-state index in [9.17, 15) is 4.79 Å². The zero-order chi connectivity index (χ0) is 20.8. The van der Waals surface area contributed by atoms with Crippen LogP contribution in [0.3, 0.4) is 0 Å². The van der Waals surface area contributed by atoms with E-state index in [4.69, 9.17) is 9.40 Å². The van der Waals surface area contributed by atoms with Crippen molar-refractivity contribution >= 4 is 50.2 Å². The molecule has 0 radical (unpaired) electrons. The predicted molar refractivity (Wildman–Crippen MR) is 126 cm³/mol. The van der Waals surface area contributed by atoms with E-state index in [0.29, 0.717) is 11.1 Å². The van der Waals surface area contributed by atoms with Gasteiger partial charge in [-0.15, -0.1) is 0 Å². The third kappa shape index (κ3) is 2.96. The largest absolute Gasteiger partial charge is 0.422 e. The maximum Gasteiger partial charge on any atom is 0.345 e. The first-order chi connectivity index (χ1) is 15.3. The zero-order valence-electron chi connectivity index (χ0n) is 16.2. The minimum Gasteiger partial charge on any atom is -0.422 e. The van der Waals surface area contributed by atoms with E-state index < -0.39 is 0 Å². The first-order valence-electron chi connectivity index (χ1n) is 9.80. The number of fused-ring (bicyclic) bond motifs is 4. The molecule has 0 aliphatic carbocycles. The van der Waals surface area contributed by atoms with Gasteiger partial charge in [0.1, 0.15) is 5.58 Å². The molecule has 3 aromatic heterocycles. The Hall–Kier alpha value is -4.03. The fourth-order valence-corrected chi connectivity index (χ4v) is 4.79. The van der Waals surface area contributed by atoms with Gasteiger partial charge in [-0.3, -0.25) is 9.39 Å². The number of hydrogen-bond donors (Lipinski definition) is 0. The normalized spacial score (nSPS) is 11.9.